The van der Waals surface area contributed by atoms with Gasteiger partial charge in [0.1, 0.15) is 0 Å². The molecule has 1 amide bonds. The van der Waals surface area contributed by atoms with Gasteiger partial charge in [0, 0.05) is 18.7 Å². The Labute approximate surface area is 111 Å². The van der Waals surface area contributed by atoms with Crippen molar-refractivity contribution in [2.24, 2.45) is 5.92 Å². The zero-order valence-electron chi connectivity index (χ0n) is 10.7. The Balaban J connectivity index is 2.16. The second kappa shape index (κ2) is 5.40. The lowest BCUT2D eigenvalue weighted by atomic mass is 9.95. The number of benzene rings is 1. The van der Waals surface area contributed by atoms with Gasteiger partial charge >= 0.3 is 5.97 Å². The lowest BCUT2D eigenvalue weighted by Gasteiger charge is -2.34. The van der Waals surface area contributed by atoms with E-state index in [2.05, 4.69) is 0 Å². The minimum atomic E-state index is -1.05. The van der Waals surface area contributed by atoms with Crippen LogP contribution in [0.1, 0.15) is 34.1 Å². The molecule has 1 aromatic carbocycles. The van der Waals surface area contributed by atoms with Crippen LogP contribution in [0.15, 0.2) is 24.3 Å². The third-order valence-electron chi connectivity index (χ3n) is 3.56. The van der Waals surface area contributed by atoms with E-state index in [1.807, 2.05) is 6.92 Å². The van der Waals surface area contributed by atoms with Gasteiger partial charge in [-0.1, -0.05) is 13.0 Å². The summed E-state index contributed by atoms with van der Waals surface area (Å²) in [5, 5.41) is 18.7. The summed E-state index contributed by atoms with van der Waals surface area (Å²) in [7, 11) is 0. The number of carbonyl (C=O) groups is 2. The number of β-amino-alcohol motifs (C(OH)–C–C–N with tert-alkyl or cyclic N) is 1. The summed E-state index contributed by atoms with van der Waals surface area (Å²) >= 11 is 0. The summed E-state index contributed by atoms with van der Waals surface area (Å²) in [5.74, 6) is -1.09. The lowest BCUT2D eigenvalue weighted by Crippen LogP contribution is -2.45. The normalized spacial score (nSPS) is 23.2. The van der Waals surface area contributed by atoms with E-state index < -0.39 is 12.1 Å². The molecule has 19 heavy (non-hydrogen) atoms. The number of aliphatic hydroxyl groups is 1. The predicted molar refractivity (Wildman–Crippen MR) is 69.1 cm³/mol. The van der Waals surface area contributed by atoms with Crippen LogP contribution in [0, 0.1) is 5.92 Å². The zero-order valence-corrected chi connectivity index (χ0v) is 10.7. The van der Waals surface area contributed by atoms with Gasteiger partial charge in [0.2, 0.25) is 0 Å². The molecular weight excluding hydrogens is 246 g/mol. The predicted octanol–water partition coefficient (Wildman–Crippen LogP) is 1.23. The van der Waals surface area contributed by atoms with Crippen molar-refractivity contribution < 1.29 is 19.8 Å². The second-order valence-electron chi connectivity index (χ2n) is 4.97. The van der Waals surface area contributed by atoms with Crippen LogP contribution in [0.5, 0.6) is 0 Å². The van der Waals surface area contributed by atoms with Crippen molar-refractivity contribution in [2.75, 3.05) is 13.1 Å². The highest BCUT2D eigenvalue weighted by atomic mass is 16.4. The number of carboxylic acid groups (broad SMARTS) is 1. The fourth-order valence-electron chi connectivity index (χ4n) is 2.20. The summed E-state index contributed by atoms with van der Waals surface area (Å²) in [4.78, 5) is 24.7. The summed E-state index contributed by atoms with van der Waals surface area (Å²) in [5.41, 5.74) is 0.443. The molecular formula is C14H17NO4. The van der Waals surface area contributed by atoms with E-state index >= 15 is 0 Å². The number of rotatable bonds is 2. The molecule has 5 nitrogen and oxygen atoms in total. The van der Waals surface area contributed by atoms with E-state index in [1.165, 1.54) is 12.1 Å². The van der Waals surface area contributed by atoms with Gasteiger partial charge in [0.05, 0.1) is 11.7 Å². The smallest absolute Gasteiger partial charge is 0.335 e. The van der Waals surface area contributed by atoms with Crippen molar-refractivity contribution in [3.63, 3.8) is 0 Å². The Morgan fingerprint density at radius 2 is 2.00 bits per heavy atom. The maximum absolute atomic E-state index is 12.2. The first-order valence-electron chi connectivity index (χ1n) is 6.29. The van der Waals surface area contributed by atoms with Crippen LogP contribution >= 0.6 is 0 Å². The van der Waals surface area contributed by atoms with Crippen LogP contribution in [-0.2, 0) is 0 Å². The molecule has 1 aliphatic heterocycles. The molecule has 102 valence electrons. The molecule has 0 radical (unpaired) electrons. The van der Waals surface area contributed by atoms with Crippen LogP contribution in [0.25, 0.3) is 0 Å². The first-order chi connectivity index (χ1) is 8.99. The minimum Gasteiger partial charge on any atom is -0.478 e. The quantitative estimate of drug-likeness (QED) is 0.841. The Morgan fingerprint density at radius 1 is 1.32 bits per heavy atom. The van der Waals surface area contributed by atoms with E-state index in [9.17, 15) is 14.7 Å². The number of carboxylic acids is 1. The van der Waals surface area contributed by atoms with Crippen LogP contribution in [-0.4, -0.2) is 46.2 Å². The average Bonchev–Trinajstić information content (AvgIpc) is 2.41. The van der Waals surface area contributed by atoms with Crippen LogP contribution < -0.4 is 0 Å². The third kappa shape index (κ3) is 2.93. The highest BCUT2D eigenvalue weighted by Crippen LogP contribution is 2.19. The number of likely N-dealkylation sites (tertiary alicyclic amines) is 1. The molecule has 2 unspecified atom stereocenters. The largest absolute Gasteiger partial charge is 0.478 e. The molecule has 1 saturated heterocycles. The molecule has 0 aliphatic carbocycles. The molecule has 0 aromatic heterocycles. The van der Waals surface area contributed by atoms with Crippen molar-refractivity contribution in [1.29, 1.82) is 0 Å². The van der Waals surface area contributed by atoms with E-state index in [1.54, 1.807) is 17.0 Å². The third-order valence-corrected chi connectivity index (χ3v) is 3.56. The maximum Gasteiger partial charge on any atom is 0.335 e. The number of hydrogen-bond acceptors (Lipinski definition) is 3. The molecule has 5 heteroatoms. The molecule has 2 N–H and O–H groups in total. The monoisotopic (exact) mass is 263 g/mol. The number of carbonyl (C=O) groups excluding carboxylic acids is 1. The molecule has 1 fully saturated rings. The van der Waals surface area contributed by atoms with E-state index in [4.69, 9.17) is 5.11 Å². The Kier molecular flexibility index (Phi) is 3.85. The molecule has 1 aliphatic rings. The summed E-state index contributed by atoms with van der Waals surface area (Å²) in [6.07, 6.45) is 0.242. The number of amides is 1. The summed E-state index contributed by atoms with van der Waals surface area (Å²) < 4.78 is 0. The van der Waals surface area contributed by atoms with Gasteiger partial charge in [-0.3, -0.25) is 4.79 Å². The Hall–Kier alpha value is -1.88. The minimum absolute atomic E-state index is 0.0942. The van der Waals surface area contributed by atoms with Crippen molar-refractivity contribution in [1.82, 2.24) is 4.90 Å². The second-order valence-corrected chi connectivity index (χ2v) is 4.97. The fourth-order valence-corrected chi connectivity index (χ4v) is 2.20. The molecule has 1 aromatic rings. The van der Waals surface area contributed by atoms with Gasteiger partial charge in [-0.15, -0.1) is 0 Å². The average molecular weight is 263 g/mol. The molecule has 0 saturated carbocycles. The van der Waals surface area contributed by atoms with Gasteiger partial charge in [0.25, 0.3) is 5.91 Å². The standard InChI is InChI=1S/C14H17NO4/c1-9-5-6-15(8-12(9)16)13(17)10-3-2-4-11(7-10)14(18)19/h2-4,7,9,12,16H,5-6,8H2,1H3,(H,18,19). The Morgan fingerprint density at radius 3 is 2.63 bits per heavy atom. The molecule has 2 atom stereocenters. The van der Waals surface area contributed by atoms with Gasteiger partial charge < -0.3 is 15.1 Å². The van der Waals surface area contributed by atoms with Gasteiger partial charge in [-0.05, 0) is 30.5 Å². The molecule has 0 bridgehead atoms. The van der Waals surface area contributed by atoms with Gasteiger partial charge in [-0.25, -0.2) is 4.79 Å². The fraction of sp³-hybridized carbons (Fsp3) is 0.429. The van der Waals surface area contributed by atoms with Crippen molar-refractivity contribution in [3.8, 4) is 0 Å². The highest BCUT2D eigenvalue weighted by Gasteiger charge is 2.28. The Bertz CT molecular complexity index is 500. The SMILES string of the molecule is CC1CCN(C(=O)c2cccc(C(=O)O)c2)CC1O. The van der Waals surface area contributed by atoms with Gasteiger partial charge in [-0.2, -0.15) is 0 Å². The number of nitrogens with zero attached hydrogens (tertiary/aromatic N) is 1. The summed E-state index contributed by atoms with van der Waals surface area (Å²) in [6.45, 7) is 2.85. The van der Waals surface area contributed by atoms with E-state index in [0.717, 1.165) is 6.42 Å². The maximum atomic E-state index is 12.2. The van der Waals surface area contributed by atoms with Gasteiger partial charge in [0.15, 0.2) is 0 Å². The molecule has 2 rings (SSSR count). The van der Waals surface area contributed by atoms with Crippen molar-refractivity contribution in [2.45, 2.75) is 19.4 Å². The zero-order chi connectivity index (χ0) is 14.0. The molecule has 1 heterocycles. The molecule has 0 spiro atoms. The number of aromatic carboxylic acids is 1. The number of piperidine rings is 1. The topological polar surface area (TPSA) is 77.8 Å². The van der Waals surface area contributed by atoms with E-state index in [-0.39, 0.29) is 17.4 Å². The van der Waals surface area contributed by atoms with Crippen LogP contribution in [0.3, 0.4) is 0 Å². The summed E-state index contributed by atoms with van der Waals surface area (Å²) in [6, 6.07) is 5.97. The van der Waals surface area contributed by atoms with Crippen LogP contribution in [0.2, 0.25) is 0 Å². The van der Waals surface area contributed by atoms with Crippen LogP contribution in [0.4, 0.5) is 0 Å². The van der Waals surface area contributed by atoms with E-state index in [0.29, 0.717) is 18.7 Å². The number of hydrogen-bond donors (Lipinski definition) is 2. The first-order valence-corrected chi connectivity index (χ1v) is 6.29. The first kappa shape index (κ1) is 13.5. The lowest BCUT2D eigenvalue weighted by molar-refractivity contribution is 0.0248. The highest BCUT2D eigenvalue weighted by molar-refractivity contribution is 5.97. The van der Waals surface area contributed by atoms with Crippen molar-refractivity contribution >= 4 is 11.9 Å². The van der Waals surface area contributed by atoms with Crippen molar-refractivity contribution in [3.05, 3.63) is 35.4 Å². The number of aliphatic hydroxyl groups excluding tert-OH is 1.